The van der Waals surface area contributed by atoms with Gasteiger partial charge < -0.3 is 5.11 Å². The zero-order chi connectivity index (χ0) is 11.8. The fourth-order valence-electron chi connectivity index (χ4n) is 1.19. The molecule has 0 amide bonds. The van der Waals surface area contributed by atoms with Crippen LogP contribution in [0.1, 0.15) is 28.8 Å². The molecule has 84 valence electrons. The smallest absolute Gasteiger partial charge is 0.335 e. The number of unbranched alkanes of at least 4 members (excludes halogenated alkanes) is 1. The Kier molecular flexibility index (Phi) is 5.44. The molecule has 0 aliphatic carbocycles. The Morgan fingerprint density at radius 1 is 1.38 bits per heavy atom. The second kappa shape index (κ2) is 6.91. The van der Waals surface area contributed by atoms with Crippen LogP contribution >= 0.6 is 11.8 Å². The van der Waals surface area contributed by atoms with Crippen molar-refractivity contribution in [3.8, 4) is 6.07 Å². The highest BCUT2D eigenvalue weighted by Crippen LogP contribution is 2.14. The van der Waals surface area contributed by atoms with Crippen LogP contribution in [0.25, 0.3) is 0 Å². The normalized spacial score (nSPS) is 9.69. The fraction of sp³-hybridized carbons (Fsp3) is 0.333. The summed E-state index contributed by atoms with van der Waals surface area (Å²) in [7, 11) is 0. The predicted octanol–water partition coefficient (Wildman–Crippen LogP) is 2.92. The predicted molar refractivity (Wildman–Crippen MR) is 64.4 cm³/mol. The number of hydrogen-bond acceptors (Lipinski definition) is 3. The number of aromatic carboxylic acids is 1. The lowest BCUT2D eigenvalue weighted by Crippen LogP contribution is -1.95. The minimum absolute atomic E-state index is 0.318. The Bertz CT molecular complexity index is 381. The first-order valence-electron chi connectivity index (χ1n) is 5.01. The summed E-state index contributed by atoms with van der Waals surface area (Å²) in [6.07, 6.45) is 1.51. The molecular formula is C12H13NO2S. The van der Waals surface area contributed by atoms with Crippen LogP contribution in [0.4, 0.5) is 0 Å². The molecule has 0 saturated heterocycles. The van der Waals surface area contributed by atoms with E-state index >= 15 is 0 Å². The molecule has 1 aromatic rings. The van der Waals surface area contributed by atoms with Gasteiger partial charge in [-0.2, -0.15) is 17.0 Å². The lowest BCUT2D eigenvalue weighted by atomic mass is 10.1. The fourth-order valence-corrected chi connectivity index (χ4v) is 2.11. The van der Waals surface area contributed by atoms with Gasteiger partial charge in [0.05, 0.1) is 11.6 Å². The minimum atomic E-state index is -0.895. The molecule has 16 heavy (non-hydrogen) atoms. The van der Waals surface area contributed by atoms with Gasteiger partial charge in [0.1, 0.15) is 0 Å². The van der Waals surface area contributed by atoms with Crippen molar-refractivity contribution in [1.82, 2.24) is 0 Å². The molecule has 0 aromatic heterocycles. The molecule has 1 rings (SSSR count). The number of thioether (sulfide) groups is 1. The second-order valence-corrected chi connectivity index (χ2v) is 4.42. The Morgan fingerprint density at radius 2 is 2.06 bits per heavy atom. The van der Waals surface area contributed by atoms with E-state index in [0.29, 0.717) is 12.0 Å². The number of nitrogens with zero attached hydrogens (tertiary/aromatic N) is 1. The van der Waals surface area contributed by atoms with Gasteiger partial charge >= 0.3 is 5.97 Å². The summed E-state index contributed by atoms with van der Waals surface area (Å²) < 4.78 is 0. The van der Waals surface area contributed by atoms with Gasteiger partial charge in [0.2, 0.25) is 0 Å². The van der Waals surface area contributed by atoms with Gasteiger partial charge in [0.15, 0.2) is 0 Å². The SMILES string of the molecule is N#CCCCSCc1ccc(C(=O)O)cc1. The highest BCUT2D eigenvalue weighted by atomic mass is 32.2. The van der Waals surface area contributed by atoms with Crippen molar-refractivity contribution in [1.29, 1.82) is 5.26 Å². The van der Waals surface area contributed by atoms with E-state index in [9.17, 15) is 4.79 Å². The highest BCUT2D eigenvalue weighted by Gasteiger charge is 2.01. The van der Waals surface area contributed by atoms with Gasteiger partial charge in [0, 0.05) is 12.2 Å². The number of carboxylic acids is 1. The Morgan fingerprint density at radius 3 is 2.62 bits per heavy atom. The standard InChI is InChI=1S/C12H13NO2S/c13-7-1-2-8-16-9-10-3-5-11(6-4-10)12(14)15/h3-6H,1-2,8-9H2,(H,14,15). The molecule has 0 bridgehead atoms. The zero-order valence-electron chi connectivity index (χ0n) is 8.85. The average molecular weight is 235 g/mol. The topological polar surface area (TPSA) is 61.1 Å². The summed E-state index contributed by atoms with van der Waals surface area (Å²) in [6.45, 7) is 0. The molecule has 0 atom stereocenters. The number of nitriles is 1. The number of carboxylic acid groups (broad SMARTS) is 1. The third-order valence-corrected chi connectivity index (χ3v) is 3.16. The van der Waals surface area contributed by atoms with Crippen molar-refractivity contribution in [2.45, 2.75) is 18.6 Å². The summed E-state index contributed by atoms with van der Waals surface area (Å²) in [5.41, 5.74) is 1.44. The van der Waals surface area contributed by atoms with Gasteiger partial charge in [0.25, 0.3) is 0 Å². The molecule has 0 aliphatic heterocycles. The van der Waals surface area contributed by atoms with Gasteiger partial charge in [-0.25, -0.2) is 4.79 Å². The van der Waals surface area contributed by atoms with Crippen LogP contribution in [0.5, 0.6) is 0 Å². The van der Waals surface area contributed by atoms with E-state index in [1.807, 2.05) is 12.1 Å². The molecule has 4 heteroatoms. The molecule has 1 N–H and O–H groups in total. The van der Waals surface area contributed by atoms with E-state index in [4.69, 9.17) is 10.4 Å². The van der Waals surface area contributed by atoms with Crippen molar-refractivity contribution in [2.24, 2.45) is 0 Å². The molecule has 0 saturated carbocycles. The Balaban J connectivity index is 2.33. The van der Waals surface area contributed by atoms with Crippen molar-refractivity contribution in [3.63, 3.8) is 0 Å². The maximum absolute atomic E-state index is 10.6. The first-order valence-corrected chi connectivity index (χ1v) is 6.16. The number of rotatable bonds is 6. The molecule has 1 aromatic carbocycles. The molecule has 0 fully saturated rings. The molecule has 0 aliphatic rings. The van der Waals surface area contributed by atoms with Crippen molar-refractivity contribution < 1.29 is 9.90 Å². The van der Waals surface area contributed by atoms with Crippen LogP contribution in [0.15, 0.2) is 24.3 Å². The van der Waals surface area contributed by atoms with E-state index in [1.54, 1.807) is 23.9 Å². The van der Waals surface area contributed by atoms with Crippen molar-refractivity contribution >= 4 is 17.7 Å². The van der Waals surface area contributed by atoms with Crippen LogP contribution in [-0.4, -0.2) is 16.8 Å². The van der Waals surface area contributed by atoms with Gasteiger partial charge in [-0.1, -0.05) is 12.1 Å². The van der Waals surface area contributed by atoms with Gasteiger partial charge in [-0.15, -0.1) is 0 Å². The number of carbonyl (C=O) groups is 1. The maximum atomic E-state index is 10.6. The lowest BCUT2D eigenvalue weighted by Gasteiger charge is -2.01. The van der Waals surface area contributed by atoms with Crippen molar-refractivity contribution in [2.75, 3.05) is 5.75 Å². The molecule has 0 spiro atoms. The van der Waals surface area contributed by atoms with Crippen LogP contribution in [0.2, 0.25) is 0 Å². The van der Waals surface area contributed by atoms with E-state index in [0.717, 1.165) is 23.5 Å². The van der Waals surface area contributed by atoms with Gasteiger partial charge in [-0.3, -0.25) is 0 Å². The van der Waals surface area contributed by atoms with Gasteiger partial charge in [-0.05, 0) is 29.9 Å². The average Bonchev–Trinajstić information content (AvgIpc) is 2.29. The summed E-state index contributed by atoms with van der Waals surface area (Å²) in [5, 5.41) is 17.1. The number of hydrogen-bond donors (Lipinski definition) is 1. The van der Waals surface area contributed by atoms with E-state index < -0.39 is 5.97 Å². The largest absolute Gasteiger partial charge is 0.478 e. The molecular weight excluding hydrogens is 222 g/mol. The third kappa shape index (κ3) is 4.37. The minimum Gasteiger partial charge on any atom is -0.478 e. The van der Waals surface area contributed by atoms with Crippen LogP contribution in [-0.2, 0) is 5.75 Å². The summed E-state index contributed by atoms with van der Waals surface area (Å²) >= 11 is 1.76. The molecule has 0 radical (unpaired) electrons. The highest BCUT2D eigenvalue weighted by molar-refractivity contribution is 7.98. The van der Waals surface area contributed by atoms with E-state index in [2.05, 4.69) is 6.07 Å². The lowest BCUT2D eigenvalue weighted by molar-refractivity contribution is 0.0697. The summed E-state index contributed by atoms with van der Waals surface area (Å²) in [6, 6.07) is 9.01. The first-order chi connectivity index (χ1) is 7.74. The monoisotopic (exact) mass is 235 g/mol. The Labute approximate surface area is 99.1 Å². The van der Waals surface area contributed by atoms with Crippen LogP contribution in [0, 0.1) is 11.3 Å². The first kappa shape index (κ1) is 12.6. The molecule has 0 unspecified atom stereocenters. The quantitative estimate of drug-likeness (QED) is 0.770. The molecule has 3 nitrogen and oxygen atoms in total. The Hall–Kier alpha value is -1.47. The second-order valence-electron chi connectivity index (χ2n) is 3.32. The van der Waals surface area contributed by atoms with Crippen LogP contribution in [0.3, 0.4) is 0 Å². The maximum Gasteiger partial charge on any atom is 0.335 e. The summed E-state index contributed by atoms with van der Waals surface area (Å²) in [5.74, 6) is 0.938. The van der Waals surface area contributed by atoms with E-state index in [-0.39, 0.29) is 0 Å². The van der Waals surface area contributed by atoms with Crippen molar-refractivity contribution in [3.05, 3.63) is 35.4 Å². The molecule has 0 heterocycles. The number of benzene rings is 1. The summed E-state index contributed by atoms with van der Waals surface area (Å²) in [4.78, 5) is 10.6. The van der Waals surface area contributed by atoms with E-state index in [1.165, 1.54) is 0 Å². The third-order valence-electron chi connectivity index (χ3n) is 2.05. The van der Waals surface area contributed by atoms with Crippen LogP contribution < -0.4 is 0 Å². The zero-order valence-corrected chi connectivity index (χ0v) is 9.67.